The molecule has 1 heterocycles. The maximum Gasteiger partial charge on any atom is 0.124 e. The molecule has 2 rings (SSSR count). The molecule has 0 saturated heterocycles. The molecule has 2 aromatic rings. The van der Waals surface area contributed by atoms with E-state index in [1.165, 1.54) is 5.56 Å². The zero-order valence-electron chi connectivity index (χ0n) is 12.5. The number of rotatable bonds is 6. The zero-order valence-corrected chi connectivity index (χ0v) is 13.3. The van der Waals surface area contributed by atoms with Crippen molar-refractivity contribution < 1.29 is 4.74 Å². The van der Waals surface area contributed by atoms with Crippen LogP contribution in [0.15, 0.2) is 29.6 Å². The van der Waals surface area contributed by atoms with Crippen molar-refractivity contribution in [1.29, 1.82) is 0 Å². The van der Waals surface area contributed by atoms with Crippen molar-refractivity contribution in [2.75, 3.05) is 0 Å². The molecule has 0 spiro atoms. The monoisotopic (exact) mass is 290 g/mol. The lowest BCUT2D eigenvalue weighted by molar-refractivity contribution is 0.238. The highest BCUT2D eigenvalue weighted by molar-refractivity contribution is 7.09. The van der Waals surface area contributed by atoms with Crippen molar-refractivity contribution in [3.05, 3.63) is 45.9 Å². The van der Waals surface area contributed by atoms with Crippen LogP contribution in [0.25, 0.3) is 0 Å². The lowest BCUT2D eigenvalue weighted by atomic mass is 10.1. The van der Waals surface area contributed by atoms with Gasteiger partial charge in [-0.15, -0.1) is 11.3 Å². The highest BCUT2D eigenvalue weighted by Gasteiger charge is 2.12. The SMILES string of the molecule is Cc1nc(CNC(C)c2ccccc2OC(C)C)cs1. The van der Waals surface area contributed by atoms with Crippen LogP contribution in [-0.4, -0.2) is 11.1 Å². The van der Waals surface area contributed by atoms with Crippen LogP contribution in [0.4, 0.5) is 0 Å². The number of nitrogens with zero attached hydrogens (tertiary/aromatic N) is 1. The molecule has 0 radical (unpaired) electrons. The number of hydrogen-bond acceptors (Lipinski definition) is 4. The first-order chi connectivity index (χ1) is 9.56. The lowest BCUT2D eigenvalue weighted by Crippen LogP contribution is -2.19. The summed E-state index contributed by atoms with van der Waals surface area (Å²) in [4.78, 5) is 4.47. The highest BCUT2D eigenvalue weighted by atomic mass is 32.1. The second-order valence-corrected chi connectivity index (χ2v) is 6.23. The van der Waals surface area contributed by atoms with Gasteiger partial charge >= 0.3 is 0 Å². The molecule has 3 nitrogen and oxygen atoms in total. The Morgan fingerprint density at radius 3 is 2.65 bits per heavy atom. The van der Waals surface area contributed by atoms with Crippen LogP contribution in [0.3, 0.4) is 0 Å². The molecule has 1 atom stereocenters. The van der Waals surface area contributed by atoms with Gasteiger partial charge in [-0.1, -0.05) is 18.2 Å². The summed E-state index contributed by atoms with van der Waals surface area (Å²) in [6.45, 7) is 9.06. The third kappa shape index (κ3) is 4.05. The second kappa shape index (κ2) is 6.86. The summed E-state index contributed by atoms with van der Waals surface area (Å²) in [5, 5.41) is 6.72. The van der Waals surface area contributed by atoms with Crippen molar-refractivity contribution in [1.82, 2.24) is 10.3 Å². The molecule has 0 amide bonds. The Morgan fingerprint density at radius 2 is 2.00 bits per heavy atom. The number of thiazole rings is 1. The highest BCUT2D eigenvalue weighted by Crippen LogP contribution is 2.26. The number of hydrogen-bond donors (Lipinski definition) is 1. The predicted octanol–water partition coefficient (Wildman–Crippen LogP) is 4.09. The molecule has 108 valence electrons. The zero-order chi connectivity index (χ0) is 14.5. The molecule has 0 bridgehead atoms. The molecule has 4 heteroatoms. The smallest absolute Gasteiger partial charge is 0.124 e. The molecule has 20 heavy (non-hydrogen) atoms. The van der Waals surface area contributed by atoms with Gasteiger partial charge in [0, 0.05) is 23.5 Å². The number of benzene rings is 1. The van der Waals surface area contributed by atoms with Gasteiger partial charge in [0.2, 0.25) is 0 Å². The molecule has 1 N–H and O–H groups in total. The average molecular weight is 290 g/mol. The first kappa shape index (κ1) is 15.0. The van der Waals surface area contributed by atoms with Crippen molar-refractivity contribution in [3.8, 4) is 5.75 Å². The number of aryl methyl sites for hydroxylation is 1. The predicted molar refractivity (Wildman–Crippen MR) is 84.3 cm³/mol. The van der Waals surface area contributed by atoms with E-state index in [1.807, 2.05) is 39.0 Å². The second-order valence-electron chi connectivity index (χ2n) is 5.16. The Hall–Kier alpha value is -1.39. The minimum Gasteiger partial charge on any atom is -0.491 e. The van der Waals surface area contributed by atoms with Gasteiger partial charge < -0.3 is 10.1 Å². The molecule has 1 aromatic carbocycles. The lowest BCUT2D eigenvalue weighted by Gasteiger charge is -2.19. The fourth-order valence-corrected chi connectivity index (χ4v) is 2.67. The van der Waals surface area contributed by atoms with Crippen LogP contribution in [-0.2, 0) is 6.54 Å². The Bertz CT molecular complexity index is 551. The van der Waals surface area contributed by atoms with E-state index >= 15 is 0 Å². The first-order valence-corrected chi connectivity index (χ1v) is 7.84. The van der Waals surface area contributed by atoms with E-state index in [0.717, 1.165) is 23.0 Å². The van der Waals surface area contributed by atoms with Gasteiger partial charge in [-0.05, 0) is 33.8 Å². The van der Waals surface area contributed by atoms with Gasteiger partial charge in [0.25, 0.3) is 0 Å². The number of aromatic nitrogens is 1. The van der Waals surface area contributed by atoms with E-state index in [-0.39, 0.29) is 12.1 Å². The van der Waals surface area contributed by atoms with E-state index in [2.05, 4.69) is 28.7 Å². The van der Waals surface area contributed by atoms with Gasteiger partial charge in [0.05, 0.1) is 16.8 Å². The summed E-state index contributed by atoms with van der Waals surface area (Å²) in [6, 6.07) is 8.43. The van der Waals surface area contributed by atoms with E-state index in [0.29, 0.717) is 0 Å². The van der Waals surface area contributed by atoms with Gasteiger partial charge in [-0.25, -0.2) is 4.98 Å². The fourth-order valence-electron chi connectivity index (χ4n) is 2.06. The minimum absolute atomic E-state index is 0.185. The summed E-state index contributed by atoms with van der Waals surface area (Å²) in [5.74, 6) is 0.956. The van der Waals surface area contributed by atoms with Crippen molar-refractivity contribution >= 4 is 11.3 Å². The summed E-state index contributed by atoms with van der Waals surface area (Å²) < 4.78 is 5.87. The molecular weight excluding hydrogens is 268 g/mol. The van der Waals surface area contributed by atoms with E-state index < -0.39 is 0 Å². The van der Waals surface area contributed by atoms with Gasteiger partial charge in [0.1, 0.15) is 5.75 Å². The molecule has 0 fully saturated rings. The number of ether oxygens (including phenoxy) is 1. The summed E-state index contributed by atoms with van der Waals surface area (Å²) >= 11 is 1.69. The Kier molecular flexibility index (Phi) is 5.15. The quantitative estimate of drug-likeness (QED) is 0.870. The molecular formula is C16H22N2OS. The summed E-state index contributed by atoms with van der Waals surface area (Å²) in [5.41, 5.74) is 2.29. The largest absolute Gasteiger partial charge is 0.491 e. The Balaban J connectivity index is 2.03. The normalized spacial score (nSPS) is 12.7. The van der Waals surface area contributed by atoms with E-state index in [4.69, 9.17) is 4.74 Å². The third-order valence-corrected chi connectivity index (χ3v) is 3.83. The third-order valence-electron chi connectivity index (χ3n) is 3.00. The maximum atomic E-state index is 5.87. The topological polar surface area (TPSA) is 34.2 Å². The Morgan fingerprint density at radius 1 is 1.25 bits per heavy atom. The molecule has 1 aromatic heterocycles. The van der Waals surface area contributed by atoms with Crippen LogP contribution >= 0.6 is 11.3 Å². The molecule has 0 saturated carbocycles. The minimum atomic E-state index is 0.185. The van der Waals surface area contributed by atoms with E-state index in [1.54, 1.807) is 11.3 Å². The number of nitrogens with one attached hydrogen (secondary N) is 1. The van der Waals surface area contributed by atoms with E-state index in [9.17, 15) is 0 Å². The van der Waals surface area contributed by atoms with Crippen LogP contribution in [0.1, 0.15) is 43.1 Å². The van der Waals surface area contributed by atoms with Crippen LogP contribution in [0.5, 0.6) is 5.75 Å². The summed E-state index contributed by atoms with van der Waals surface area (Å²) in [7, 11) is 0. The fraction of sp³-hybridized carbons (Fsp3) is 0.438. The van der Waals surface area contributed by atoms with Crippen molar-refractivity contribution in [2.24, 2.45) is 0 Å². The van der Waals surface area contributed by atoms with Crippen LogP contribution < -0.4 is 10.1 Å². The van der Waals surface area contributed by atoms with Crippen LogP contribution in [0.2, 0.25) is 0 Å². The maximum absolute atomic E-state index is 5.87. The van der Waals surface area contributed by atoms with Gasteiger partial charge in [-0.2, -0.15) is 0 Å². The van der Waals surface area contributed by atoms with Gasteiger partial charge in [-0.3, -0.25) is 0 Å². The summed E-state index contributed by atoms with van der Waals surface area (Å²) in [6.07, 6.45) is 0.185. The number of para-hydroxylation sites is 1. The molecule has 1 unspecified atom stereocenters. The molecule has 0 aliphatic rings. The molecule has 0 aliphatic carbocycles. The van der Waals surface area contributed by atoms with Crippen molar-refractivity contribution in [2.45, 2.75) is 46.4 Å². The average Bonchev–Trinajstić information content (AvgIpc) is 2.82. The standard InChI is InChI=1S/C16H22N2OS/c1-11(2)19-16-8-6-5-7-15(16)12(3)17-9-14-10-20-13(4)18-14/h5-8,10-12,17H,9H2,1-4H3. The van der Waals surface area contributed by atoms with Gasteiger partial charge in [0.15, 0.2) is 0 Å². The first-order valence-electron chi connectivity index (χ1n) is 6.96. The van der Waals surface area contributed by atoms with Crippen molar-refractivity contribution in [3.63, 3.8) is 0 Å². The Labute approximate surface area is 125 Å². The van der Waals surface area contributed by atoms with Crippen LogP contribution in [0, 0.1) is 6.92 Å². The molecule has 0 aliphatic heterocycles.